The summed E-state index contributed by atoms with van der Waals surface area (Å²) in [6.07, 6.45) is 1.42. The lowest BCUT2D eigenvalue weighted by molar-refractivity contribution is -0.385. The lowest BCUT2D eigenvalue weighted by Gasteiger charge is -2.25. The molecule has 44 heavy (non-hydrogen) atoms. The summed E-state index contributed by atoms with van der Waals surface area (Å²) in [4.78, 5) is 23.6. The third-order valence-corrected chi connectivity index (χ3v) is 9.20. The van der Waals surface area contributed by atoms with Crippen LogP contribution in [0, 0.1) is 30.9 Å². The second-order valence-electron chi connectivity index (χ2n) is 9.58. The van der Waals surface area contributed by atoms with Crippen molar-refractivity contribution in [1.29, 1.82) is 0 Å². The number of nitro groups is 1. The molecule has 4 rings (SSSR count). The molecule has 1 amide bonds. The van der Waals surface area contributed by atoms with Gasteiger partial charge >= 0.3 is 0 Å². The molecule has 0 radical (unpaired) electrons. The van der Waals surface area contributed by atoms with Gasteiger partial charge in [0.15, 0.2) is 0 Å². The maximum atomic E-state index is 13.9. The SMILES string of the molecule is COc1ccc(Cl)cc1N(CC(=O)N/N=C\c1cc(C)n(-c2ccc(Cl)cc2Cl)c1C)S(=O)(=O)c1ccc(C)c([N+](=O)[O-])c1. The number of benzene rings is 3. The average molecular weight is 679 g/mol. The monoisotopic (exact) mass is 677 g/mol. The predicted molar refractivity (Wildman–Crippen MR) is 171 cm³/mol. The molecule has 0 saturated heterocycles. The van der Waals surface area contributed by atoms with Crippen LogP contribution in [0.5, 0.6) is 5.75 Å². The van der Waals surface area contributed by atoms with Crippen molar-refractivity contribution in [1.82, 2.24) is 9.99 Å². The van der Waals surface area contributed by atoms with E-state index in [2.05, 4.69) is 10.5 Å². The number of halogens is 3. The number of aryl methyl sites for hydroxylation is 2. The van der Waals surface area contributed by atoms with Gasteiger partial charge in [-0.2, -0.15) is 5.10 Å². The number of nitrogens with one attached hydrogen (secondary N) is 1. The van der Waals surface area contributed by atoms with E-state index in [4.69, 9.17) is 39.5 Å². The first-order valence-electron chi connectivity index (χ1n) is 12.8. The zero-order chi connectivity index (χ0) is 32.3. The minimum atomic E-state index is -4.54. The predicted octanol–water partition coefficient (Wildman–Crippen LogP) is 6.63. The van der Waals surface area contributed by atoms with Crippen LogP contribution in [-0.4, -0.2) is 43.7 Å². The van der Waals surface area contributed by atoms with E-state index in [0.717, 1.165) is 21.8 Å². The van der Waals surface area contributed by atoms with Crippen molar-refractivity contribution >= 4 is 68.3 Å². The summed E-state index contributed by atoms with van der Waals surface area (Å²) in [7, 11) is -3.22. The van der Waals surface area contributed by atoms with Crippen molar-refractivity contribution in [3.63, 3.8) is 0 Å². The molecule has 0 aliphatic rings. The summed E-state index contributed by atoms with van der Waals surface area (Å²) in [5.41, 5.74) is 5.18. The van der Waals surface area contributed by atoms with Crippen LogP contribution in [0.2, 0.25) is 15.1 Å². The van der Waals surface area contributed by atoms with Gasteiger partial charge in [-0.3, -0.25) is 19.2 Å². The van der Waals surface area contributed by atoms with Gasteiger partial charge in [-0.15, -0.1) is 0 Å². The number of sulfonamides is 1. The van der Waals surface area contributed by atoms with E-state index in [-0.39, 0.29) is 22.0 Å². The van der Waals surface area contributed by atoms with Gasteiger partial charge in [0, 0.05) is 38.6 Å². The van der Waals surface area contributed by atoms with Crippen LogP contribution in [0.4, 0.5) is 11.4 Å². The largest absolute Gasteiger partial charge is 0.495 e. The summed E-state index contributed by atoms with van der Waals surface area (Å²) >= 11 is 18.6. The molecular weight excluding hydrogens is 653 g/mol. The van der Waals surface area contributed by atoms with Crippen molar-refractivity contribution in [2.45, 2.75) is 25.7 Å². The van der Waals surface area contributed by atoms with E-state index in [0.29, 0.717) is 21.3 Å². The molecule has 0 unspecified atom stereocenters. The molecule has 1 heterocycles. The average Bonchev–Trinajstić information content (AvgIpc) is 3.23. The van der Waals surface area contributed by atoms with Crippen LogP contribution in [-0.2, 0) is 14.8 Å². The van der Waals surface area contributed by atoms with E-state index < -0.39 is 38.0 Å². The maximum absolute atomic E-state index is 13.9. The van der Waals surface area contributed by atoms with E-state index in [1.807, 2.05) is 24.5 Å². The Balaban J connectivity index is 1.65. The number of hydrogen-bond donors (Lipinski definition) is 1. The van der Waals surface area contributed by atoms with Crippen LogP contribution < -0.4 is 14.5 Å². The van der Waals surface area contributed by atoms with Crippen LogP contribution >= 0.6 is 34.8 Å². The Bertz CT molecular complexity index is 1910. The molecule has 0 fully saturated rings. The van der Waals surface area contributed by atoms with E-state index in [9.17, 15) is 23.3 Å². The van der Waals surface area contributed by atoms with E-state index in [1.165, 1.54) is 50.6 Å². The van der Waals surface area contributed by atoms with Gasteiger partial charge in [0.25, 0.3) is 21.6 Å². The number of carbonyl (C=O) groups excluding carboxylic acids is 1. The number of rotatable bonds is 10. The van der Waals surface area contributed by atoms with E-state index in [1.54, 1.807) is 18.2 Å². The van der Waals surface area contributed by atoms with Crippen molar-refractivity contribution in [2.75, 3.05) is 18.0 Å². The molecule has 0 bridgehead atoms. The summed E-state index contributed by atoms with van der Waals surface area (Å²) < 4.78 is 35.7. The summed E-state index contributed by atoms with van der Waals surface area (Å²) in [6.45, 7) is 4.46. The highest BCUT2D eigenvalue weighted by atomic mass is 35.5. The molecule has 1 aromatic heterocycles. The van der Waals surface area contributed by atoms with Crippen molar-refractivity contribution in [3.8, 4) is 11.4 Å². The van der Waals surface area contributed by atoms with Gasteiger partial charge in [-0.25, -0.2) is 13.8 Å². The van der Waals surface area contributed by atoms with Gasteiger partial charge in [-0.1, -0.05) is 40.9 Å². The van der Waals surface area contributed by atoms with Gasteiger partial charge in [-0.05, 0) is 69.3 Å². The molecule has 1 N–H and O–H groups in total. The number of carbonyl (C=O) groups is 1. The van der Waals surface area contributed by atoms with Crippen LogP contribution in [0.3, 0.4) is 0 Å². The summed E-state index contributed by atoms with van der Waals surface area (Å²) in [6, 6.07) is 14.7. The topological polar surface area (TPSA) is 136 Å². The fourth-order valence-corrected chi connectivity index (χ4v) is 6.63. The summed E-state index contributed by atoms with van der Waals surface area (Å²) in [5, 5.41) is 16.7. The zero-order valence-corrected chi connectivity index (χ0v) is 26.9. The molecule has 230 valence electrons. The number of methoxy groups -OCH3 is 1. The van der Waals surface area contributed by atoms with Gasteiger partial charge in [0.1, 0.15) is 12.3 Å². The highest BCUT2D eigenvalue weighted by molar-refractivity contribution is 7.92. The fourth-order valence-electron chi connectivity index (χ4n) is 4.52. The molecule has 11 nitrogen and oxygen atoms in total. The number of nitro benzene ring substituents is 1. The van der Waals surface area contributed by atoms with Crippen molar-refractivity contribution in [2.24, 2.45) is 5.10 Å². The first-order chi connectivity index (χ1) is 20.7. The number of ether oxygens (including phenoxy) is 1. The van der Waals surface area contributed by atoms with E-state index >= 15 is 0 Å². The third kappa shape index (κ3) is 6.83. The summed E-state index contributed by atoms with van der Waals surface area (Å²) in [5.74, 6) is -0.702. The molecule has 0 aliphatic carbocycles. The Morgan fingerprint density at radius 2 is 1.73 bits per heavy atom. The highest BCUT2D eigenvalue weighted by Gasteiger charge is 2.31. The molecule has 4 aromatic rings. The van der Waals surface area contributed by atoms with Gasteiger partial charge in [0.2, 0.25) is 0 Å². The molecule has 0 spiro atoms. The quantitative estimate of drug-likeness (QED) is 0.114. The molecule has 3 aromatic carbocycles. The van der Waals surface area contributed by atoms with Gasteiger partial charge in [0.05, 0.1) is 39.5 Å². The Morgan fingerprint density at radius 1 is 1.05 bits per heavy atom. The van der Waals surface area contributed by atoms with Crippen LogP contribution in [0.1, 0.15) is 22.5 Å². The molecule has 0 aliphatic heterocycles. The molecule has 0 atom stereocenters. The number of anilines is 1. The first-order valence-corrected chi connectivity index (χ1v) is 15.4. The number of hydrogen-bond acceptors (Lipinski definition) is 7. The smallest absolute Gasteiger partial charge is 0.273 e. The highest BCUT2D eigenvalue weighted by Crippen LogP contribution is 2.36. The number of nitrogens with zero attached hydrogens (tertiary/aromatic N) is 4. The Morgan fingerprint density at radius 3 is 2.39 bits per heavy atom. The second kappa shape index (κ2) is 13.3. The van der Waals surface area contributed by atoms with Crippen LogP contribution in [0.25, 0.3) is 5.69 Å². The fraction of sp³-hybridized carbons (Fsp3) is 0.172. The Hall–Kier alpha value is -4.10. The maximum Gasteiger partial charge on any atom is 0.273 e. The van der Waals surface area contributed by atoms with Crippen molar-refractivity contribution in [3.05, 3.63) is 108 Å². The normalized spacial score (nSPS) is 11.5. The number of amides is 1. The number of aromatic nitrogens is 1. The lowest BCUT2D eigenvalue weighted by atomic mass is 10.2. The second-order valence-corrected chi connectivity index (χ2v) is 12.7. The number of hydrazone groups is 1. The third-order valence-electron chi connectivity index (χ3n) is 6.68. The molecule has 0 saturated carbocycles. The first kappa shape index (κ1) is 32.8. The zero-order valence-electron chi connectivity index (χ0n) is 23.8. The van der Waals surface area contributed by atoms with Gasteiger partial charge < -0.3 is 9.30 Å². The Kier molecular flexibility index (Phi) is 9.89. The van der Waals surface area contributed by atoms with Crippen molar-refractivity contribution < 1.29 is 22.9 Å². The Labute approximate surface area is 268 Å². The lowest BCUT2D eigenvalue weighted by Crippen LogP contribution is -2.39. The molecular formula is C29H26Cl3N5O6S. The minimum Gasteiger partial charge on any atom is -0.495 e. The standard InChI is InChI=1S/C29H26Cl3N5O6S/c1-17-5-8-23(14-26(17)37(39)40)44(41,42)35(27-13-22(31)7-10-28(27)43-4)16-29(38)34-33-15-20-11-18(2)36(19(20)3)25-9-6-21(30)12-24(25)32/h5-15H,16H2,1-4H3,(H,34,38)/b33-15-. The minimum absolute atomic E-state index is 0.0502. The molecule has 15 heteroatoms. The van der Waals surface area contributed by atoms with Crippen LogP contribution in [0.15, 0.2) is 70.7 Å².